The molecule has 0 fully saturated rings. The van der Waals surface area contributed by atoms with Gasteiger partial charge in [-0.2, -0.15) is 0 Å². The summed E-state index contributed by atoms with van der Waals surface area (Å²) in [6.07, 6.45) is 0.818. The van der Waals surface area contributed by atoms with Crippen LogP contribution in [0.3, 0.4) is 0 Å². The number of carbonyl (C=O) groups is 1. The number of aryl methyl sites for hydroxylation is 2. The summed E-state index contributed by atoms with van der Waals surface area (Å²) in [7, 11) is 1.55. The third kappa shape index (κ3) is 4.05. The number of hydrogen-bond donors (Lipinski definition) is 1. The van der Waals surface area contributed by atoms with Gasteiger partial charge in [0, 0.05) is 5.56 Å². The third-order valence-electron chi connectivity index (χ3n) is 4.06. The fraction of sp³-hybridized carbons (Fsp3) is 0.316. The standard InChI is InChI=1S/C19H22ClNO2/c1-5-17(14-7-6-12(2)13(3)10-14)21-19(22)15-8-9-18(23-4)16(20)11-15/h6-11,17H,5H2,1-4H3,(H,21,22). The Labute approximate surface area is 142 Å². The summed E-state index contributed by atoms with van der Waals surface area (Å²) in [4.78, 5) is 12.5. The van der Waals surface area contributed by atoms with E-state index in [9.17, 15) is 4.79 Å². The number of hydrogen-bond acceptors (Lipinski definition) is 2. The SMILES string of the molecule is CCC(NC(=O)c1ccc(OC)c(Cl)c1)c1ccc(C)c(C)c1. The molecule has 2 rings (SSSR count). The van der Waals surface area contributed by atoms with Gasteiger partial charge in [-0.25, -0.2) is 0 Å². The number of amides is 1. The largest absolute Gasteiger partial charge is 0.495 e. The first-order valence-electron chi connectivity index (χ1n) is 7.67. The van der Waals surface area contributed by atoms with E-state index < -0.39 is 0 Å². The van der Waals surface area contributed by atoms with Gasteiger partial charge < -0.3 is 10.1 Å². The summed E-state index contributed by atoms with van der Waals surface area (Å²) in [5, 5.41) is 3.50. The molecule has 1 atom stereocenters. The fourth-order valence-electron chi connectivity index (χ4n) is 2.45. The molecule has 0 saturated heterocycles. The van der Waals surface area contributed by atoms with Crippen molar-refractivity contribution in [1.82, 2.24) is 5.32 Å². The second-order valence-electron chi connectivity index (χ2n) is 5.63. The first kappa shape index (κ1) is 17.4. The molecule has 0 heterocycles. The quantitative estimate of drug-likeness (QED) is 0.850. The number of benzene rings is 2. The molecule has 0 radical (unpaired) electrons. The Balaban J connectivity index is 2.19. The highest BCUT2D eigenvalue weighted by atomic mass is 35.5. The lowest BCUT2D eigenvalue weighted by Gasteiger charge is -2.19. The van der Waals surface area contributed by atoms with Gasteiger partial charge in [0.2, 0.25) is 0 Å². The molecule has 1 N–H and O–H groups in total. The van der Waals surface area contributed by atoms with Gasteiger partial charge >= 0.3 is 0 Å². The van der Waals surface area contributed by atoms with Crippen molar-refractivity contribution in [2.24, 2.45) is 0 Å². The maximum absolute atomic E-state index is 12.5. The van der Waals surface area contributed by atoms with Gasteiger partial charge in [-0.3, -0.25) is 4.79 Å². The Bertz CT molecular complexity index is 713. The second-order valence-corrected chi connectivity index (χ2v) is 6.03. The highest BCUT2D eigenvalue weighted by Crippen LogP contribution is 2.26. The Morgan fingerprint density at radius 2 is 1.91 bits per heavy atom. The normalized spacial score (nSPS) is 11.9. The summed E-state index contributed by atoms with van der Waals surface area (Å²) >= 11 is 6.09. The number of halogens is 1. The van der Waals surface area contributed by atoms with Crippen LogP contribution in [0.25, 0.3) is 0 Å². The molecule has 1 amide bonds. The van der Waals surface area contributed by atoms with Gasteiger partial charge in [-0.05, 0) is 55.2 Å². The molecule has 1 unspecified atom stereocenters. The third-order valence-corrected chi connectivity index (χ3v) is 4.36. The van der Waals surface area contributed by atoms with E-state index in [2.05, 4.69) is 44.3 Å². The number of nitrogens with one attached hydrogen (secondary N) is 1. The summed E-state index contributed by atoms with van der Waals surface area (Å²) in [6, 6.07) is 11.3. The highest BCUT2D eigenvalue weighted by Gasteiger charge is 2.15. The zero-order valence-electron chi connectivity index (χ0n) is 13.9. The minimum absolute atomic E-state index is 0.0253. The molecule has 0 aliphatic rings. The van der Waals surface area contributed by atoms with E-state index in [1.165, 1.54) is 11.1 Å². The van der Waals surface area contributed by atoms with Crippen molar-refractivity contribution in [2.45, 2.75) is 33.2 Å². The van der Waals surface area contributed by atoms with Crippen molar-refractivity contribution < 1.29 is 9.53 Å². The van der Waals surface area contributed by atoms with Crippen LogP contribution in [-0.4, -0.2) is 13.0 Å². The van der Waals surface area contributed by atoms with Crippen LogP contribution in [0.1, 0.15) is 46.4 Å². The molecule has 4 heteroatoms. The molecule has 2 aromatic rings. The summed E-state index contributed by atoms with van der Waals surface area (Å²) in [5.41, 5.74) is 4.11. The zero-order valence-corrected chi connectivity index (χ0v) is 14.7. The van der Waals surface area contributed by atoms with Gasteiger partial charge in [0.25, 0.3) is 5.91 Å². The Morgan fingerprint density at radius 1 is 1.17 bits per heavy atom. The second kappa shape index (κ2) is 7.51. The van der Waals surface area contributed by atoms with Gasteiger partial charge in [0.1, 0.15) is 5.75 Å². The van der Waals surface area contributed by atoms with Crippen LogP contribution in [0.2, 0.25) is 5.02 Å². The average Bonchev–Trinajstić information content (AvgIpc) is 2.55. The molecule has 0 spiro atoms. The van der Waals surface area contributed by atoms with E-state index in [-0.39, 0.29) is 11.9 Å². The maximum Gasteiger partial charge on any atom is 0.251 e. The van der Waals surface area contributed by atoms with Crippen molar-refractivity contribution in [2.75, 3.05) is 7.11 Å². The van der Waals surface area contributed by atoms with Crippen LogP contribution >= 0.6 is 11.6 Å². The van der Waals surface area contributed by atoms with Crippen molar-refractivity contribution in [3.05, 3.63) is 63.7 Å². The molecular formula is C19H22ClNO2. The van der Waals surface area contributed by atoms with Crippen LogP contribution in [0.4, 0.5) is 0 Å². The fourth-order valence-corrected chi connectivity index (χ4v) is 2.71. The molecule has 122 valence electrons. The smallest absolute Gasteiger partial charge is 0.251 e. The van der Waals surface area contributed by atoms with E-state index in [0.717, 1.165) is 12.0 Å². The van der Waals surface area contributed by atoms with Crippen molar-refractivity contribution in [3.8, 4) is 5.75 Å². The van der Waals surface area contributed by atoms with Crippen LogP contribution in [0, 0.1) is 13.8 Å². The number of ether oxygens (including phenoxy) is 1. The predicted octanol–water partition coefficient (Wildman–Crippen LogP) is 4.85. The predicted molar refractivity (Wildman–Crippen MR) is 94.4 cm³/mol. The molecule has 0 saturated carbocycles. The maximum atomic E-state index is 12.5. The lowest BCUT2D eigenvalue weighted by atomic mass is 9.99. The number of carbonyl (C=O) groups excluding carboxylic acids is 1. The number of rotatable bonds is 5. The zero-order chi connectivity index (χ0) is 17.0. The van der Waals surface area contributed by atoms with Crippen molar-refractivity contribution >= 4 is 17.5 Å². The van der Waals surface area contributed by atoms with E-state index in [1.807, 2.05) is 0 Å². The van der Waals surface area contributed by atoms with Crippen LogP contribution < -0.4 is 10.1 Å². The summed E-state index contributed by atoms with van der Waals surface area (Å²) in [6.45, 7) is 6.22. The van der Waals surface area contributed by atoms with Gasteiger partial charge in [-0.1, -0.05) is 36.7 Å². The topological polar surface area (TPSA) is 38.3 Å². The van der Waals surface area contributed by atoms with Gasteiger partial charge in [0.05, 0.1) is 18.2 Å². The minimum Gasteiger partial charge on any atom is -0.495 e. The monoisotopic (exact) mass is 331 g/mol. The van der Waals surface area contributed by atoms with Crippen molar-refractivity contribution in [1.29, 1.82) is 0 Å². The molecule has 2 aromatic carbocycles. The Kier molecular flexibility index (Phi) is 5.67. The van der Waals surface area contributed by atoms with Gasteiger partial charge in [-0.15, -0.1) is 0 Å². The van der Waals surface area contributed by atoms with Crippen LogP contribution in [0.15, 0.2) is 36.4 Å². The Morgan fingerprint density at radius 3 is 2.48 bits per heavy atom. The molecule has 3 nitrogen and oxygen atoms in total. The highest BCUT2D eigenvalue weighted by molar-refractivity contribution is 6.32. The first-order valence-corrected chi connectivity index (χ1v) is 8.05. The average molecular weight is 332 g/mol. The van der Waals surface area contributed by atoms with E-state index in [4.69, 9.17) is 16.3 Å². The van der Waals surface area contributed by atoms with E-state index >= 15 is 0 Å². The van der Waals surface area contributed by atoms with E-state index in [0.29, 0.717) is 16.3 Å². The lowest BCUT2D eigenvalue weighted by Crippen LogP contribution is -2.28. The Hall–Kier alpha value is -2.00. The minimum atomic E-state index is -0.139. The summed E-state index contributed by atoms with van der Waals surface area (Å²) < 4.78 is 5.11. The molecule has 0 bridgehead atoms. The lowest BCUT2D eigenvalue weighted by molar-refractivity contribution is 0.0935. The first-order chi connectivity index (χ1) is 11.0. The van der Waals surface area contributed by atoms with Crippen molar-refractivity contribution in [3.63, 3.8) is 0 Å². The van der Waals surface area contributed by atoms with Crippen LogP contribution in [0.5, 0.6) is 5.75 Å². The molecule has 0 aliphatic carbocycles. The number of methoxy groups -OCH3 is 1. The molecule has 23 heavy (non-hydrogen) atoms. The van der Waals surface area contributed by atoms with Gasteiger partial charge in [0.15, 0.2) is 0 Å². The summed E-state index contributed by atoms with van der Waals surface area (Å²) in [5.74, 6) is 0.420. The van der Waals surface area contributed by atoms with E-state index in [1.54, 1.807) is 25.3 Å². The molecule has 0 aliphatic heterocycles. The molecular weight excluding hydrogens is 310 g/mol. The van der Waals surface area contributed by atoms with Crippen LogP contribution in [-0.2, 0) is 0 Å². The molecule has 0 aromatic heterocycles.